The molecule has 1 aromatic carbocycles. The monoisotopic (exact) mass is 530 g/mol. The number of nitrogens with zero attached hydrogens (tertiary/aromatic N) is 3. The summed E-state index contributed by atoms with van der Waals surface area (Å²) in [5.74, 6) is -0.656. The largest absolute Gasteiger partial charge is 0.321 e. The van der Waals surface area contributed by atoms with E-state index in [1.807, 2.05) is 6.92 Å². The number of benzene rings is 1. The maximum Gasteiger partial charge on any atom is 0.275 e. The fourth-order valence-corrected chi connectivity index (χ4v) is 6.06. The van der Waals surface area contributed by atoms with Crippen LogP contribution in [0.4, 0.5) is 5.69 Å². The molecule has 0 aliphatic carbocycles. The number of rotatable bonds is 6. The normalized spacial score (nSPS) is 18.0. The molecule has 9 nitrogen and oxygen atoms in total. The van der Waals surface area contributed by atoms with Gasteiger partial charge in [-0.3, -0.25) is 4.79 Å². The van der Waals surface area contributed by atoms with E-state index < -0.39 is 30.9 Å². The Morgan fingerprint density at radius 1 is 1.19 bits per heavy atom. The smallest absolute Gasteiger partial charge is 0.275 e. The van der Waals surface area contributed by atoms with Crippen LogP contribution in [-0.2, 0) is 19.9 Å². The number of carbonyl (C=O) groups excluding carboxylic acids is 1. The predicted octanol–water partition coefficient (Wildman–Crippen LogP) is 2.85. The molecule has 2 heterocycles. The van der Waals surface area contributed by atoms with Crippen molar-refractivity contribution in [2.45, 2.75) is 48.7 Å². The molecule has 1 unspecified atom stereocenters. The minimum absolute atomic E-state index is 0.00251. The highest BCUT2D eigenvalue weighted by atomic mass is 79.9. The van der Waals surface area contributed by atoms with E-state index in [0.29, 0.717) is 12.2 Å². The van der Waals surface area contributed by atoms with Gasteiger partial charge in [0.25, 0.3) is 5.91 Å². The van der Waals surface area contributed by atoms with E-state index in [4.69, 9.17) is 0 Å². The van der Waals surface area contributed by atoms with E-state index in [0.717, 1.165) is 31.9 Å². The van der Waals surface area contributed by atoms with Gasteiger partial charge in [0.15, 0.2) is 0 Å². The molecule has 0 spiro atoms. The molecule has 1 aromatic heterocycles. The van der Waals surface area contributed by atoms with E-state index in [-0.39, 0.29) is 21.1 Å². The summed E-state index contributed by atoms with van der Waals surface area (Å²) in [7, 11) is -7.31. The number of hydrogen-bond donors (Lipinski definition) is 1. The third-order valence-corrected chi connectivity index (χ3v) is 8.44. The molecule has 1 amide bonds. The van der Waals surface area contributed by atoms with Gasteiger partial charge in [-0.1, -0.05) is 13.3 Å². The molecule has 1 aliphatic heterocycles. The number of halogens is 1. The second-order valence-electron chi connectivity index (χ2n) is 7.27. The maximum absolute atomic E-state index is 13.0. The number of hydrogen-bond acceptors (Lipinski definition) is 7. The topological polar surface area (TPSA) is 126 Å². The summed E-state index contributed by atoms with van der Waals surface area (Å²) in [6.45, 7) is 2.49. The molecule has 0 saturated carbocycles. The second-order valence-corrected chi connectivity index (χ2v) is 11.9. The Morgan fingerprint density at radius 2 is 1.87 bits per heavy atom. The van der Waals surface area contributed by atoms with Gasteiger partial charge in [0.05, 0.1) is 9.37 Å². The minimum Gasteiger partial charge on any atom is -0.321 e. The highest BCUT2D eigenvalue weighted by Crippen LogP contribution is 2.27. The van der Waals surface area contributed by atoms with Gasteiger partial charge in [-0.2, -0.15) is 4.31 Å². The number of sulfonamides is 1. The molecule has 0 bridgehead atoms. The molecule has 1 N–H and O–H groups in total. The number of piperidine rings is 1. The lowest BCUT2D eigenvalue weighted by Crippen LogP contribution is -2.43. The molecule has 1 saturated heterocycles. The molecular weight excluding hydrogens is 508 g/mol. The zero-order valence-electron chi connectivity index (χ0n) is 17.1. The third kappa shape index (κ3) is 5.30. The van der Waals surface area contributed by atoms with Crippen molar-refractivity contribution in [3.8, 4) is 0 Å². The summed E-state index contributed by atoms with van der Waals surface area (Å²) in [5.41, 5.74) is 0.201. The van der Waals surface area contributed by atoms with Crippen LogP contribution in [0.2, 0.25) is 0 Å². The average Bonchev–Trinajstić information content (AvgIpc) is 2.73. The van der Waals surface area contributed by atoms with E-state index in [1.165, 1.54) is 30.5 Å². The van der Waals surface area contributed by atoms with Crippen LogP contribution in [0, 0.1) is 0 Å². The number of amides is 1. The molecule has 1 fully saturated rings. The maximum atomic E-state index is 13.0. The number of sulfone groups is 1. The van der Waals surface area contributed by atoms with Gasteiger partial charge in [-0.25, -0.2) is 26.8 Å². The zero-order chi connectivity index (χ0) is 22.8. The van der Waals surface area contributed by atoms with Gasteiger partial charge in [0.2, 0.25) is 25.0 Å². The van der Waals surface area contributed by atoms with E-state index >= 15 is 0 Å². The SMILES string of the molecule is CCC1CCCCN1S(=O)(=O)c1ccc(NC(=O)c2nc(S(C)(=O)=O)ncc2Br)cc1. The van der Waals surface area contributed by atoms with E-state index in [9.17, 15) is 21.6 Å². The molecule has 2 aromatic rings. The van der Waals surface area contributed by atoms with Crippen molar-refractivity contribution in [2.24, 2.45) is 0 Å². The molecule has 1 atom stereocenters. The highest BCUT2D eigenvalue weighted by Gasteiger charge is 2.32. The molecule has 0 radical (unpaired) electrons. The fraction of sp³-hybridized carbons (Fsp3) is 0.421. The molecular formula is C19H23BrN4O5S2. The van der Waals surface area contributed by atoms with Crippen molar-refractivity contribution in [2.75, 3.05) is 18.1 Å². The Bertz CT molecular complexity index is 1180. The van der Waals surface area contributed by atoms with Crippen molar-refractivity contribution < 1.29 is 21.6 Å². The minimum atomic E-state index is -3.68. The predicted molar refractivity (Wildman–Crippen MR) is 119 cm³/mol. The lowest BCUT2D eigenvalue weighted by atomic mass is 10.0. The van der Waals surface area contributed by atoms with Gasteiger partial charge in [-0.05, 0) is 59.5 Å². The molecule has 1 aliphatic rings. The Labute approximate surface area is 190 Å². The van der Waals surface area contributed by atoms with Gasteiger partial charge in [-0.15, -0.1) is 0 Å². The molecule has 168 valence electrons. The fourth-order valence-electron chi connectivity index (χ4n) is 3.42. The zero-order valence-corrected chi connectivity index (χ0v) is 20.3. The van der Waals surface area contributed by atoms with Crippen LogP contribution in [-0.4, -0.2) is 55.9 Å². The van der Waals surface area contributed by atoms with Gasteiger partial charge >= 0.3 is 0 Å². The second kappa shape index (κ2) is 9.31. The standard InChI is InChI=1S/C19H23BrN4O5S2/c1-3-14-6-4-5-11-24(14)31(28,29)15-9-7-13(8-10-15)22-18(25)17-16(20)12-21-19(23-17)30(2,26)27/h7-10,12,14H,3-6,11H2,1-2H3,(H,22,25). The van der Waals surface area contributed by atoms with Crippen LogP contribution in [0.25, 0.3) is 0 Å². The summed E-state index contributed by atoms with van der Waals surface area (Å²) in [6.07, 6.45) is 5.62. The first-order valence-electron chi connectivity index (χ1n) is 9.70. The summed E-state index contributed by atoms with van der Waals surface area (Å²) in [4.78, 5) is 20.2. The van der Waals surface area contributed by atoms with Crippen LogP contribution in [0.5, 0.6) is 0 Å². The van der Waals surface area contributed by atoms with Crippen molar-refractivity contribution in [3.05, 3.63) is 40.6 Å². The van der Waals surface area contributed by atoms with Crippen LogP contribution in [0.15, 0.2) is 45.0 Å². The Hall–Kier alpha value is -1.89. The van der Waals surface area contributed by atoms with Gasteiger partial charge < -0.3 is 5.32 Å². The quantitative estimate of drug-likeness (QED) is 0.568. The number of nitrogens with one attached hydrogen (secondary N) is 1. The lowest BCUT2D eigenvalue weighted by Gasteiger charge is -2.34. The van der Waals surface area contributed by atoms with Crippen molar-refractivity contribution in [1.82, 2.24) is 14.3 Å². The summed E-state index contributed by atoms with van der Waals surface area (Å²) >= 11 is 3.14. The number of anilines is 1. The van der Waals surface area contributed by atoms with Crippen LogP contribution in [0.3, 0.4) is 0 Å². The van der Waals surface area contributed by atoms with E-state index in [1.54, 1.807) is 4.31 Å². The summed E-state index contributed by atoms with van der Waals surface area (Å²) in [5, 5.41) is 2.13. The Kier molecular flexibility index (Phi) is 7.14. The molecule has 31 heavy (non-hydrogen) atoms. The first-order valence-corrected chi connectivity index (χ1v) is 13.8. The first-order chi connectivity index (χ1) is 14.5. The number of aromatic nitrogens is 2. The van der Waals surface area contributed by atoms with Crippen molar-refractivity contribution in [1.29, 1.82) is 0 Å². The van der Waals surface area contributed by atoms with E-state index in [2.05, 4.69) is 31.2 Å². The lowest BCUT2D eigenvalue weighted by molar-refractivity contribution is 0.102. The van der Waals surface area contributed by atoms with Crippen LogP contribution >= 0.6 is 15.9 Å². The third-order valence-electron chi connectivity index (χ3n) is 5.03. The molecule has 12 heteroatoms. The van der Waals surface area contributed by atoms with Crippen LogP contribution in [0.1, 0.15) is 43.1 Å². The highest BCUT2D eigenvalue weighted by molar-refractivity contribution is 9.10. The first kappa shape index (κ1) is 23.8. The Morgan fingerprint density at radius 3 is 2.48 bits per heavy atom. The number of carbonyl (C=O) groups is 1. The summed E-state index contributed by atoms with van der Waals surface area (Å²) in [6, 6.07) is 5.87. The molecule has 3 rings (SSSR count). The van der Waals surface area contributed by atoms with Gasteiger partial charge in [0.1, 0.15) is 5.69 Å². The van der Waals surface area contributed by atoms with Crippen LogP contribution < -0.4 is 5.32 Å². The Balaban J connectivity index is 1.80. The van der Waals surface area contributed by atoms with Gasteiger partial charge in [0, 0.05) is 30.7 Å². The van der Waals surface area contributed by atoms with Crippen molar-refractivity contribution in [3.63, 3.8) is 0 Å². The average molecular weight is 531 g/mol. The van der Waals surface area contributed by atoms with Crippen molar-refractivity contribution >= 4 is 47.4 Å². The summed E-state index contributed by atoms with van der Waals surface area (Å²) < 4.78 is 51.2.